The first-order valence-corrected chi connectivity index (χ1v) is 5.05. The van der Waals surface area contributed by atoms with E-state index < -0.39 is 5.97 Å². The average Bonchev–Trinajstić information content (AvgIpc) is 2.74. The fourth-order valence-corrected chi connectivity index (χ4v) is 1.68. The van der Waals surface area contributed by atoms with Crippen LogP contribution in [0.15, 0.2) is 24.4 Å². The third-order valence-electron chi connectivity index (χ3n) is 2.57. The number of benzene rings is 1. The molecule has 0 saturated carbocycles. The number of hydrogen-bond acceptors (Lipinski definition) is 3. The van der Waals surface area contributed by atoms with E-state index in [1.54, 1.807) is 18.3 Å². The molecule has 2 aromatic rings. The molecule has 5 heteroatoms. The zero-order chi connectivity index (χ0) is 12.4. The zero-order valence-electron chi connectivity index (χ0n) is 9.52. The van der Waals surface area contributed by atoms with Gasteiger partial charge >= 0.3 is 5.97 Å². The molecule has 0 aliphatic rings. The summed E-state index contributed by atoms with van der Waals surface area (Å²) in [7, 11) is 1.45. The van der Waals surface area contributed by atoms with Crippen molar-refractivity contribution in [3.05, 3.63) is 35.7 Å². The zero-order valence-corrected chi connectivity index (χ0v) is 9.52. The molecule has 0 aliphatic heterocycles. The van der Waals surface area contributed by atoms with Crippen molar-refractivity contribution in [1.29, 1.82) is 0 Å². The summed E-state index contributed by atoms with van der Waals surface area (Å²) in [6.45, 7) is 1.90. The van der Waals surface area contributed by atoms with Gasteiger partial charge in [-0.05, 0) is 24.6 Å². The number of H-pyrrole nitrogens is 1. The lowest BCUT2D eigenvalue weighted by Crippen LogP contribution is -2.00. The molecule has 1 aromatic carbocycles. The molecule has 0 aliphatic carbocycles. The van der Waals surface area contributed by atoms with Gasteiger partial charge in [0.1, 0.15) is 11.3 Å². The molecule has 1 aromatic heterocycles. The highest BCUT2D eigenvalue weighted by atomic mass is 16.5. The second kappa shape index (κ2) is 4.29. The summed E-state index contributed by atoms with van der Waals surface area (Å²) in [6.07, 6.45) is 1.70. The SMILES string of the molecule is COc1cc(-c2cn[nH]c2C)ccc1C(=O)O. The number of rotatable bonds is 3. The summed E-state index contributed by atoms with van der Waals surface area (Å²) in [5.74, 6) is -0.659. The van der Waals surface area contributed by atoms with Crippen molar-refractivity contribution in [1.82, 2.24) is 10.2 Å². The third-order valence-corrected chi connectivity index (χ3v) is 2.57. The van der Waals surface area contributed by atoms with Crippen LogP contribution in [0.5, 0.6) is 5.75 Å². The van der Waals surface area contributed by atoms with E-state index in [2.05, 4.69) is 10.2 Å². The molecule has 0 bridgehead atoms. The van der Waals surface area contributed by atoms with E-state index in [1.807, 2.05) is 6.92 Å². The van der Waals surface area contributed by atoms with E-state index in [0.29, 0.717) is 5.75 Å². The van der Waals surface area contributed by atoms with Gasteiger partial charge in [0.2, 0.25) is 0 Å². The molecule has 1 heterocycles. The number of aromatic amines is 1. The standard InChI is InChI=1S/C12H12N2O3/c1-7-10(6-13-14-7)8-3-4-9(12(15)16)11(5-8)17-2/h3-6H,1-2H3,(H,13,14)(H,15,16). The number of nitrogens with one attached hydrogen (secondary N) is 1. The van der Waals surface area contributed by atoms with Gasteiger partial charge in [0.25, 0.3) is 0 Å². The lowest BCUT2D eigenvalue weighted by atomic mass is 10.0. The minimum absolute atomic E-state index is 0.150. The van der Waals surface area contributed by atoms with Crippen molar-refractivity contribution in [2.75, 3.05) is 7.11 Å². The molecule has 5 nitrogen and oxygen atoms in total. The smallest absolute Gasteiger partial charge is 0.339 e. The Labute approximate surface area is 98.0 Å². The number of aromatic carboxylic acids is 1. The van der Waals surface area contributed by atoms with Crippen molar-refractivity contribution in [2.45, 2.75) is 6.92 Å². The van der Waals surface area contributed by atoms with Crippen LogP contribution in [0.1, 0.15) is 16.1 Å². The molecule has 2 N–H and O–H groups in total. The molecule has 88 valence electrons. The molecular formula is C12H12N2O3. The highest BCUT2D eigenvalue weighted by molar-refractivity contribution is 5.92. The fraction of sp³-hybridized carbons (Fsp3) is 0.167. The van der Waals surface area contributed by atoms with Crippen LogP contribution in [0, 0.1) is 6.92 Å². The molecule has 0 saturated heterocycles. The number of methoxy groups -OCH3 is 1. The van der Waals surface area contributed by atoms with Crippen LogP contribution in [0.3, 0.4) is 0 Å². The van der Waals surface area contributed by atoms with E-state index in [0.717, 1.165) is 16.8 Å². The van der Waals surface area contributed by atoms with E-state index in [-0.39, 0.29) is 5.56 Å². The monoisotopic (exact) mass is 232 g/mol. The number of hydrogen-bond donors (Lipinski definition) is 2. The van der Waals surface area contributed by atoms with Crippen LogP contribution in [-0.4, -0.2) is 28.4 Å². The lowest BCUT2D eigenvalue weighted by molar-refractivity contribution is 0.0693. The molecule has 0 unspecified atom stereocenters. The molecule has 0 radical (unpaired) electrons. The van der Waals surface area contributed by atoms with Crippen molar-refractivity contribution in [3.8, 4) is 16.9 Å². The Balaban J connectivity index is 2.52. The highest BCUT2D eigenvalue weighted by Crippen LogP contribution is 2.28. The Morgan fingerprint density at radius 3 is 2.76 bits per heavy atom. The predicted octanol–water partition coefficient (Wildman–Crippen LogP) is 2.09. The Hall–Kier alpha value is -2.30. The molecule has 17 heavy (non-hydrogen) atoms. The maximum atomic E-state index is 10.9. The quantitative estimate of drug-likeness (QED) is 0.849. The summed E-state index contributed by atoms with van der Waals surface area (Å²) in [4.78, 5) is 10.9. The van der Waals surface area contributed by atoms with Crippen LogP contribution in [0.4, 0.5) is 0 Å². The summed E-state index contributed by atoms with van der Waals surface area (Å²) in [5, 5.41) is 15.7. The Morgan fingerprint density at radius 1 is 1.47 bits per heavy atom. The number of nitrogens with zero attached hydrogens (tertiary/aromatic N) is 1. The van der Waals surface area contributed by atoms with Crippen LogP contribution < -0.4 is 4.74 Å². The number of carboxylic acids is 1. The van der Waals surface area contributed by atoms with Crippen LogP contribution in [0.25, 0.3) is 11.1 Å². The first-order valence-electron chi connectivity index (χ1n) is 5.05. The van der Waals surface area contributed by atoms with Gasteiger partial charge in [-0.3, -0.25) is 5.10 Å². The average molecular weight is 232 g/mol. The highest BCUT2D eigenvalue weighted by Gasteiger charge is 2.13. The van der Waals surface area contributed by atoms with Gasteiger partial charge in [0.05, 0.1) is 13.3 Å². The maximum absolute atomic E-state index is 10.9. The van der Waals surface area contributed by atoms with Crippen LogP contribution >= 0.6 is 0 Å². The van der Waals surface area contributed by atoms with E-state index in [4.69, 9.17) is 9.84 Å². The van der Waals surface area contributed by atoms with Gasteiger partial charge < -0.3 is 9.84 Å². The summed E-state index contributed by atoms with van der Waals surface area (Å²) >= 11 is 0. The summed E-state index contributed by atoms with van der Waals surface area (Å²) < 4.78 is 5.07. The summed E-state index contributed by atoms with van der Waals surface area (Å²) in [5.41, 5.74) is 2.88. The number of aromatic nitrogens is 2. The fourth-order valence-electron chi connectivity index (χ4n) is 1.68. The number of carbonyl (C=O) groups is 1. The minimum Gasteiger partial charge on any atom is -0.496 e. The summed E-state index contributed by atoms with van der Waals surface area (Å²) in [6, 6.07) is 4.97. The molecule has 2 rings (SSSR count). The molecule has 0 spiro atoms. The van der Waals surface area contributed by atoms with Crippen LogP contribution in [0.2, 0.25) is 0 Å². The van der Waals surface area contributed by atoms with Gasteiger partial charge in [0.15, 0.2) is 0 Å². The largest absolute Gasteiger partial charge is 0.496 e. The van der Waals surface area contributed by atoms with Crippen molar-refractivity contribution in [3.63, 3.8) is 0 Å². The molecule has 0 atom stereocenters. The minimum atomic E-state index is -1.00. The Kier molecular flexibility index (Phi) is 2.82. The van der Waals surface area contributed by atoms with Gasteiger partial charge in [-0.25, -0.2) is 4.79 Å². The molecular weight excluding hydrogens is 220 g/mol. The topological polar surface area (TPSA) is 75.2 Å². The van der Waals surface area contributed by atoms with Gasteiger partial charge in [-0.15, -0.1) is 0 Å². The third kappa shape index (κ3) is 1.99. The van der Waals surface area contributed by atoms with Crippen molar-refractivity contribution < 1.29 is 14.6 Å². The molecule has 0 fully saturated rings. The molecule has 0 amide bonds. The number of aryl methyl sites for hydroxylation is 1. The second-order valence-corrected chi connectivity index (χ2v) is 3.63. The van der Waals surface area contributed by atoms with Gasteiger partial charge in [0, 0.05) is 11.3 Å². The Morgan fingerprint density at radius 2 is 2.24 bits per heavy atom. The van der Waals surface area contributed by atoms with Gasteiger partial charge in [-0.1, -0.05) is 6.07 Å². The number of carboxylic acid groups (broad SMARTS) is 1. The predicted molar refractivity (Wildman–Crippen MR) is 62.3 cm³/mol. The van der Waals surface area contributed by atoms with E-state index >= 15 is 0 Å². The van der Waals surface area contributed by atoms with E-state index in [1.165, 1.54) is 13.2 Å². The van der Waals surface area contributed by atoms with Crippen molar-refractivity contribution in [2.24, 2.45) is 0 Å². The normalized spacial score (nSPS) is 10.2. The van der Waals surface area contributed by atoms with Gasteiger partial charge in [-0.2, -0.15) is 5.10 Å². The van der Waals surface area contributed by atoms with Crippen molar-refractivity contribution >= 4 is 5.97 Å². The first-order chi connectivity index (χ1) is 8.13. The lowest BCUT2D eigenvalue weighted by Gasteiger charge is -2.07. The second-order valence-electron chi connectivity index (χ2n) is 3.63. The number of ether oxygens (including phenoxy) is 1. The van der Waals surface area contributed by atoms with E-state index in [9.17, 15) is 4.79 Å². The first kappa shape index (κ1) is 11.2. The van der Waals surface area contributed by atoms with Crippen LogP contribution in [-0.2, 0) is 0 Å². The Bertz CT molecular complexity index is 561. The maximum Gasteiger partial charge on any atom is 0.339 e.